The van der Waals surface area contributed by atoms with Crippen LogP contribution in [0.3, 0.4) is 0 Å². The van der Waals surface area contributed by atoms with Crippen molar-refractivity contribution in [1.82, 2.24) is 10.0 Å². The monoisotopic (exact) mass is 426 g/mol. The predicted molar refractivity (Wildman–Crippen MR) is 113 cm³/mol. The van der Waals surface area contributed by atoms with Crippen LogP contribution >= 0.6 is 0 Å². The Balaban J connectivity index is 1.47. The molecule has 30 heavy (non-hydrogen) atoms. The van der Waals surface area contributed by atoms with Crippen molar-refractivity contribution in [3.05, 3.63) is 101 Å². The second-order valence-corrected chi connectivity index (χ2v) is 8.62. The second-order valence-electron chi connectivity index (χ2n) is 6.86. The number of nitrogens with one attached hydrogen (secondary N) is 2. The Bertz CT molecular complexity index is 1070. The summed E-state index contributed by atoms with van der Waals surface area (Å²) in [6.07, 6.45) is 0.770. The number of carbonyl (C=O) groups excluding carboxylic acids is 1. The second kappa shape index (κ2) is 10.1. The standard InChI is InChI=1S/C23H23FN2O3S/c24-21-11-6-20(7-12-21)16-25-23(27)15-10-18-8-13-22(14-9-18)30(28,29)26-17-19-4-2-1-3-5-19/h1-9,11-14,26H,10,15-17H2,(H,25,27). The molecule has 3 aromatic rings. The van der Waals surface area contributed by atoms with Crippen LogP contribution in [0.1, 0.15) is 23.1 Å². The number of rotatable bonds is 9. The zero-order valence-corrected chi connectivity index (χ0v) is 17.2. The summed E-state index contributed by atoms with van der Waals surface area (Å²) in [5.41, 5.74) is 2.57. The molecule has 0 unspecified atom stereocenters. The minimum absolute atomic E-state index is 0.124. The normalized spacial score (nSPS) is 11.2. The van der Waals surface area contributed by atoms with E-state index in [9.17, 15) is 17.6 Å². The Morgan fingerprint density at radius 3 is 2.03 bits per heavy atom. The highest BCUT2D eigenvalue weighted by Gasteiger charge is 2.13. The van der Waals surface area contributed by atoms with Gasteiger partial charge in [-0.05, 0) is 47.4 Å². The topological polar surface area (TPSA) is 75.3 Å². The van der Waals surface area contributed by atoms with Crippen molar-refractivity contribution >= 4 is 15.9 Å². The number of amides is 1. The molecule has 0 heterocycles. The van der Waals surface area contributed by atoms with Crippen molar-refractivity contribution < 1.29 is 17.6 Å². The molecule has 1 amide bonds. The molecule has 0 aliphatic heterocycles. The van der Waals surface area contributed by atoms with Gasteiger partial charge in [0.05, 0.1) is 4.90 Å². The summed E-state index contributed by atoms with van der Waals surface area (Å²) in [6.45, 7) is 0.558. The van der Waals surface area contributed by atoms with Gasteiger partial charge in [-0.3, -0.25) is 4.79 Å². The van der Waals surface area contributed by atoms with Crippen LogP contribution in [0.4, 0.5) is 4.39 Å². The van der Waals surface area contributed by atoms with Gasteiger partial charge in [0, 0.05) is 19.5 Å². The lowest BCUT2D eigenvalue weighted by Gasteiger charge is -2.08. The highest BCUT2D eigenvalue weighted by Crippen LogP contribution is 2.13. The van der Waals surface area contributed by atoms with Crippen LogP contribution in [0, 0.1) is 5.82 Å². The summed E-state index contributed by atoms with van der Waals surface area (Å²) in [6, 6.07) is 21.8. The molecule has 156 valence electrons. The Morgan fingerprint density at radius 2 is 1.37 bits per heavy atom. The first-order valence-corrected chi connectivity index (χ1v) is 11.0. The third-order valence-corrected chi connectivity index (χ3v) is 6.00. The van der Waals surface area contributed by atoms with E-state index in [1.165, 1.54) is 12.1 Å². The van der Waals surface area contributed by atoms with Crippen LogP contribution in [0.15, 0.2) is 83.8 Å². The van der Waals surface area contributed by atoms with E-state index in [2.05, 4.69) is 10.0 Å². The van der Waals surface area contributed by atoms with Crippen LogP contribution in [0.2, 0.25) is 0 Å². The van der Waals surface area contributed by atoms with Crippen LogP contribution in [0.25, 0.3) is 0 Å². The van der Waals surface area contributed by atoms with Gasteiger partial charge < -0.3 is 5.32 Å². The molecule has 0 aliphatic carbocycles. The molecule has 0 aromatic heterocycles. The zero-order chi connectivity index (χ0) is 21.4. The maximum absolute atomic E-state index is 12.9. The molecule has 0 saturated carbocycles. The minimum atomic E-state index is -3.60. The Hall–Kier alpha value is -3.03. The molecule has 0 radical (unpaired) electrons. The van der Waals surface area contributed by atoms with Crippen LogP contribution in [-0.2, 0) is 34.3 Å². The molecule has 0 fully saturated rings. The average Bonchev–Trinajstić information content (AvgIpc) is 2.77. The van der Waals surface area contributed by atoms with Gasteiger partial charge in [-0.15, -0.1) is 0 Å². The third-order valence-electron chi connectivity index (χ3n) is 4.59. The summed E-state index contributed by atoms with van der Waals surface area (Å²) in [7, 11) is -3.60. The maximum Gasteiger partial charge on any atom is 0.240 e. The lowest BCUT2D eigenvalue weighted by atomic mass is 10.1. The van der Waals surface area contributed by atoms with E-state index in [0.717, 1.165) is 16.7 Å². The van der Waals surface area contributed by atoms with Crippen molar-refractivity contribution in [2.45, 2.75) is 30.8 Å². The Kier molecular flexibility index (Phi) is 7.32. The highest BCUT2D eigenvalue weighted by molar-refractivity contribution is 7.89. The first-order valence-electron chi connectivity index (χ1n) is 9.56. The van der Waals surface area contributed by atoms with E-state index in [1.54, 1.807) is 36.4 Å². The fourth-order valence-corrected chi connectivity index (χ4v) is 3.86. The molecule has 3 aromatic carbocycles. The lowest BCUT2D eigenvalue weighted by Crippen LogP contribution is -2.23. The molecule has 7 heteroatoms. The molecule has 3 rings (SSSR count). The first kappa shape index (κ1) is 21.7. The highest BCUT2D eigenvalue weighted by atomic mass is 32.2. The van der Waals surface area contributed by atoms with E-state index in [1.807, 2.05) is 30.3 Å². The van der Waals surface area contributed by atoms with E-state index >= 15 is 0 Å². The minimum Gasteiger partial charge on any atom is -0.352 e. The van der Waals surface area contributed by atoms with Crippen molar-refractivity contribution in [1.29, 1.82) is 0 Å². The maximum atomic E-state index is 12.9. The zero-order valence-electron chi connectivity index (χ0n) is 16.3. The van der Waals surface area contributed by atoms with Crippen LogP contribution in [-0.4, -0.2) is 14.3 Å². The molecule has 2 N–H and O–H groups in total. The molecule has 0 atom stereocenters. The molecular weight excluding hydrogens is 403 g/mol. The number of hydrogen-bond acceptors (Lipinski definition) is 3. The number of aryl methyl sites for hydroxylation is 1. The van der Waals surface area contributed by atoms with Gasteiger partial charge in [0.25, 0.3) is 0 Å². The molecule has 0 saturated heterocycles. The predicted octanol–water partition coefficient (Wildman–Crippen LogP) is 3.55. The molecule has 0 aliphatic rings. The van der Waals surface area contributed by atoms with Gasteiger partial charge >= 0.3 is 0 Å². The fraction of sp³-hybridized carbons (Fsp3) is 0.174. The quantitative estimate of drug-likeness (QED) is 0.549. The van der Waals surface area contributed by atoms with Crippen molar-refractivity contribution in [3.8, 4) is 0 Å². The number of carbonyl (C=O) groups is 1. The van der Waals surface area contributed by atoms with Gasteiger partial charge in [-0.25, -0.2) is 17.5 Å². The van der Waals surface area contributed by atoms with Crippen molar-refractivity contribution in [2.24, 2.45) is 0 Å². The largest absolute Gasteiger partial charge is 0.352 e. The third kappa shape index (κ3) is 6.50. The van der Waals surface area contributed by atoms with E-state index < -0.39 is 10.0 Å². The SMILES string of the molecule is O=C(CCc1ccc(S(=O)(=O)NCc2ccccc2)cc1)NCc1ccc(F)cc1. The van der Waals surface area contributed by atoms with E-state index in [0.29, 0.717) is 13.0 Å². The van der Waals surface area contributed by atoms with Crippen molar-refractivity contribution in [2.75, 3.05) is 0 Å². The molecule has 5 nitrogen and oxygen atoms in total. The summed E-state index contributed by atoms with van der Waals surface area (Å²) >= 11 is 0. The Labute approximate surface area is 176 Å². The molecular formula is C23H23FN2O3S. The van der Waals surface area contributed by atoms with Crippen LogP contribution in [0.5, 0.6) is 0 Å². The van der Waals surface area contributed by atoms with Crippen molar-refractivity contribution in [3.63, 3.8) is 0 Å². The number of benzene rings is 3. The lowest BCUT2D eigenvalue weighted by molar-refractivity contribution is -0.121. The van der Waals surface area contributed by atoms with Gasteiger partial charge in [0.1, 0.15) is 5.82 Å². The van der Waals surface area contributed by atoms with Gasteiger partial charge in [0.15, 0.2) is 0 Å². The van der Waals surface area contributed by atoms with Gasteiger partial charge in [-0.2, -0.15) is 0 Å². The van der Waals surface area contributed by atoms with Gasteiger partial charge in [0.2, 0.25) is 15.9 Å². The van der Waals surface area contributed by atoms with E-state index in [4.69, 9.17) is 0 Å². The fourth-order valence-electron chi connectivity index (χ4n) is 2.84. The Morgan fingerprint density at radius 1 is 0.767 bits per heavy atom. The summed E-state index contributed by atoms with van der Waals surface area (Å²) in [5, 5.41) is 2.79. The van der Waals surface area contributed by atoms with Crippen LogP contribution < -0.4 is 10.0 Å². The average molecular weight is 427 g/mol. The molecule has 0 spiro atoms. The van der Waals surface area contributed by atoms with Gasteiger partial charge in [-0.1, -0.05) is 54.6 Å². The summed E-state index contributed by atoms with van der Waals surface area (Å²) in [5.74, 6) is -0.439. The summed E-state index contributed by atoms with van der Waals surface area (Å²) in [4.78, 5) is 12.2. The smallest absolute Gasteiger partial charge is 0.240 e. The molecule has 0 bridgehead atoms. The first-order chi connectivity index (χ1) is 14.4. The summed E-state index contributed by atoms with van der Waals surface area (Å²) < 4.78 is 40.3. The van der Waals surface area contributed by atoms with E-state index in [-0.39, 0.29) is 29.6 Å². The number of sulfonamides is 1. The number of halogens is 1. The number of hydrogen-bond donors (Lipinski definition) is 2.